The molecule has 0 fully saturated rings. The van der Waals surface area contributed by atoms with Crippen molar-refractivity contribution < 1.29 is 9.84 Å². The molecular weight excluding hydrogens is 300 g/mol. The molecule has 0 atom stereocenters. The molecule has 1 aromatic heterocycles. The third-order valence-corrected chi connectivity index (χ3v) is 3.39. The molecule has 4 nitrogen and oxygen atoms in total. The number of nitrogens with zero attached hydrogens (tertiary/aromatic N) is 1. The van der Waals surface area contributed by atoms with Gasteiger partial charge >= 0.3 is 0 Å². The SMILES string of the molecule is COc1ccc(-c2nc(-c3ccccc3)c(C)[nH]2)c(O)c1.Cl. The summed E-state index contributed by atoms with van der Waals surface area (Å²) in [6.45, 7) is 1.97. The molecule has 0 saturated carbocycles. The number of halogens is 1. The summed E-state index contributed by atoms with van der Waals surface area (Å²) in [6, 6.07) is 15.1. The van der Waals surface area contributed by atoms with Crippen LogP contribution in [-0.4, -0.2) is 22.2 Å². The lowest BCUT2D eigenvalue weighted by Gasteiger charge is -2.04. The number of aromatic amines is 1. The Morgan fingerprint density at radius 3 is 2.45 bits per heavy atom. The largest absolute Gasteiger partial charge is 0.507 e. The summed E-state index contributed by atoms with van der Waals surface area (Å²) in [4.78, 5) is 7.84. The molecule has 2 aromatic carbocycles. The van der Waals surface area contributed by atoms with Gasteiger partial charge in [0.2, 0.25) is 0 Å². The molecule has 114 valence electrons. The predicted octanol–water partition coefficient (Wildman–Crippen LogP) is 4.19. The van der Waals surface area contributed by atoms with Crippen molar-refractivity contribution in [2.24, 2.45) is 0 Å². The van der Waals surface area contributed by atoms with Crippen molar-refractivity contribution in [1.82, 2.24) is 9.97 Å². The Morgan fingerprint density at radius 1 is 1.09 bits per heavy atom. The first-order chi connectivity index (χ1) is 10.2. The monoisotopic (exact) mass is 316 g/mol. The smallest absolute Gasteiger partial charge is 0.142 e. The van der Waals surface area contributed by atoms with Crippen LogP contribution in [-0.2, 0) is 0 Å². The summed E-state index contributed by atoms with van der Waals surface area (Å²) in [5.41, 5.74) is 3.55. The van der Waals surface area contributed by atoms with E-state index in [0.717, 1.165) is 17.0 Å². The normalized spacial score (nSPS) is 10.1. The van der Waals surface area contributed by atoms with Gasteiger partial charge in [-0.15, -0.1) is 12.4 Å². The zero-order valence-corrected chi connectivity index (χ0v) is 13.1. The Balaban J connectivity index is 0.00000176. The van der Waals surface area contributed by atoms with E-state index in [1.807, 2.05) is 37.3 Å². The van der Waals surface area contributed by atoms with Crippen molar-refractivity contribution in [3.05, 3.63) is 54.2 Å². The number of rotatable bonds is 3. The number of aromatic hydroxyl groups is 1. The molecule has 0 aliphatic carbocycles. The highest BCUT2D eigenvalue weighted by Crippen LogP contribution is 2.33. The van der Waals surface area contributed by atoms with E-state index in [4.69, 9.17) is 4.74 Å². The number of nitrogens with one attached hydrogen (secondary N) is 1. The molecule has 0 radical (unpaired) electrons. The predicted molar refractivity (Wildman–Crippen MR) is 89.7 cm³/mol. The molecule has 0 bridgehead atoms. The Morgan fingerprint density at radius 2 is 1.82 bits per heavy atom. The second kappa shape index (κ2) is 6.54. The van der Waals surface area contributed by atoms with Gasteiger partial charge < -0.3 is 14.8 Å². The molecule has 1 heterocycles. The van der Waals surface area contributed by atoms with Gasteiger partial charge in [-0.3, -0.25) is 0 Å². The second-order valence-corrected chi connectivity index (χ2v) is 4.81. The highest BCUT2D eigenvalue weighted by Gasteiger charge is 2.13. The van der Waals surface area contributed by atoms with E-state index in [2.05, 4.69) is 9.97 Å². The number of hydrogen-bond acceptors (Lipinski definition) is 3. The van der Waals surface area contributed by atoms with Gasteiger partial charge in [-0.05, 0) is 19.1 Å². The lowest BCUT2D eigenvalue weighted by atomic mass is 10.1. The number of imidazole rings is 1. The highest BCUT2D eigenvalue weighted by atomic mass is 35.5. The van der Waals surface area contributed by atoms with Crippen LogP contribution in [0.2, 0.25) is 0 Å². The number of phenolic OH excluding ortho intramolecular Hbond substituents is 1. The number of benzene rings is 2. The maximum Gasteiger partial charge on any atom is 0.142 e. The van der Waals surface area contributed by atoms with E-state index < -0.39 is 0 Å². The minimum atomic E-state index is 0. The quantitative estimate of drug-likeness (QED) is 0.761. The fourth-order valence-corrected chi connectivity index (χ4v) is 2.30. The number of hydrogen-bond donors (Lipinski definition) is 2. The minimum Gasteiger partial charge on any atom is -0.507 e. The topological polar surface area (TPSA) is 58.1 Å². The fraction of sp³-hybridized carbons (Fsp3) is 0.118. The first-order valence-electron chi connectivity index (χ1n) is 6.68. The fourth-order valence-electron chi connectivity index (χ4n) is 2.30. The van der Waals surface area contributed by atoms with Gasteiger partial charge in [0.1, 0.15) is 17.3 Å². The van der Waals surface area contributed by atoms with E-state index in [1.54, 1.807) is 25.3 Å². The van der Waals surface area contributed by atoms with Gasteiger partial charge in [0.05, 0.1) is 18.4 Å². The summed E-state index contributed by atoms with van der Waals surface area (Å²) in [6.07, 6.45) is 0. The van der Waals surface area contributed by atoms with E-state index in [1.165, 1.54) is 0 Å². The highest BCUT2D eigenvalue weighted by molar-refractivity contribution is 5.85. The molecule has 0 aliphatic rings. The molecule has 0 amide bonds. The van der Waals surface area contributed by atoms with Crippen LogP contribution in [0.5, 0.6) is 11.5 Å². The van der Waals surface area contributed by atoms with Crippen molar-refractivity contribution in [2.75, 3.05) is 7.11 Å². The van der Waals surface area contributed by atoms with E-state index in [-0.39, 0.29) is 18.2 Å². The number of aromatic nitrogens is 2. The zero-order valence-electron chi connectivity index (χ0n) is 12.3. The summed E-state index contributed by atoms with van der Waals surface area (Å²) < 4.78 is 5.09. The molecule has 0 unspecified atom stereocenters. The van der Waals surface area contributed by atoms with Crippen LogP contribution in [0, 0.1) is 6.92 Å². The number of methoxy groups -OCH3 is 1. The van der Waals surface area contributed by atoms with Gasteiger partial charge in [-0.25, -0.2) is 4.98 Å². The lowest BCUT2D eigenvalue weighted by Crippen LogP contribution is -1.86. The Hall–Kier alpha value is -2.46. The molecule has 0 aliphatic heterocycles. The van der Waals surface area contributed by atoms with Crippen LogP contribution in [0.25, 0.3) is 22.6 Å². The van der Waals surface area contributed by atoms with Crippen molar-refractivity contribution in [3.8, 4) is 34.1 Å². The van der Waals surface area contributed by atoms with E-state index in [9.17, 15) is 5.11 Å². The molecule has 2 N–H and O–H groups in total. The second-order valence-electron chi connectivity index (χ2n) is 4.81. The molecule has 3 aromatic rings. The van der Waals surface area contributed by atoms with Gasteiger partial charge in [0.15, 0.2) is 0 Å². The Kier molecular flexibility index (Phi) is 4.73. The van der Waals surface area contributed by atoms with Crippen LogP contribution < -0.4 is 4.74 Å². The number of ether oxygens (including phenoxy) is 1. The standard InChI is InChI=1S/C17H16N2O2.ClH/c1-11-16(12-6-4-3-5-7-12)19-17(18-11)14-9-8-13(21-2)10-15(14)20;/h3-10,20H,1-2H3,(H,18,19);1H. The molecule has 3 rings (SSSR count). The van der Waals surface area contributed by atoms with Gasteiger partial charge in [0, 0.05) is 17.3 Å². The van der Waals surface area contributed by atoms with Gasteiger partial charge in [-0.2, -0.15) is 0 Å². The number of phenols is 1. The average Bonchev–Trinajstić information content (AvgIpc) is 2.89. The zero-order chi connectivity index (χ0) is 14.8. The molecule has 0 spiro atoms. The average molecular weight is 317 g/mol. The molecule has 22 heavy (non-hydrogen) atoms. The summed E-state index contributed by atoms with van der Waals surface area (Å²) in [7, 11) is 1.57. The maximum atomic E-state index is 10.1. The lowest BCUT2D eigenvalue weighted by molar-refractivity contribution is 0.408. The first kappa shape index (κ1) is 15.9. The third kappa shape index (κ3) is 2.92. The maximum absolute atomic E-state index is 10.1. The van der Waals surface area contributed by atoms with Gasteiger partial charge in [-0.1, -0.05) is 30.3 Å². The van der Waals surface area contributed by atoms with Crippen LogP contribution in [0.3, 0.4) is 0 Å². The third-order valence-electron chi connectivity index (χ3n) is 3.39. The van der Waals surface area contributed by atoms with Crippen LogP contribution in [0.1, 0.15) is 5.69 Å². The Labute approximate surface area is 135 Å². The first-order valence-corrected chi connectivity index (χ1v) is 6.68. The van der Waals surface area contributed by atoms with Crippen molar-refractivity contribution in [3.63, 3.8) is 0 Å². The number of H-pyrrole nitrogens is 1. The summed E-state index contributed by atoms with van der Waals surface area (Å²) in [5, 5.41) is 10.1. The molecule has 0 saturated heterocycles. The molecular formula is C17H17ClN2O2. The minimum absolute atomic E-state index is 0. The van der Waals surface area contributed by atoms with Crippen LogP contribution in [0.15, 0.2) is 48.5 Å². The van der Waals surface area contributed by atoms with E-state index in [0.29, 0.717) is 17.1 Å². The van der Waals surface area contributed by atoms with Crippen molar-refractivity contribution in [1.29, 1.82) is 0 Å². The summed E-state index contributed by atoms with van der Waals surface area (Å²) in [5.74, 6) is 1.40. The van der Waals surface area contributed by atoms with E-state index >= 15 is 0 Å². The number of aryl methyl sites for hydroxylation is 1. The summed E-state index contributed by atoms with van der Waals surface area (Å²) >= 11 is 0. The Bertz CT molecular complexity index is 770. The van der Waals surface area contributed by atoms with Crippen molar-refractivity contribution >= 4 is 12.4 Å². The van der Waals surface area contributed by atoms with Crippen molar-refractivity contribution in [2.45, 2.75) is 6.92 Å². The van der Waals surface area contributed by atoms with Crippen LogP contribution >= 0.6 is 12.4 Å². The van der Waals surface area contributed by atoms with Gasteiger partial charge in [0.25, 0.3) is 0 Å². The van der Waals surface area contributed by atoms with Crippen LogP contribution in [0.4, 0.5) is 0 Å². The molecule has 5 heteroatoms.